The summed E-state index contributed by atoms with van der Waals surface area (Å²) in [6.07, 6.45) is 8.96. The standard InChI is InChI=1S/C14H22O2S/c1-3-4-5-6-7-8-9-12-10-11-13(17-12)14(15)16-2/h10-11H,3-9H2,1-2H3. The third kappa shape index (κ3) is 5.35. The molecule has 0 saturated heterocycles. The minimum absolute atomic E-state index is 0.218. The molecule has 0 aliphatic carbocycles. The second-order valence-corrected chi connectivity index (χ2v) is 5.44. The molecule has 0 bridgehead atoms. The van der Waals surface area contributed by atoms with E-state index in [0.717, 1.165) is 6.42 Å². The molecule has 1 rings (SSSR count). The summed E-state index contributed by atoms with van der Waals surface area (Å²) in [5.41, 5.74) is 0. The molecule has 96 valence electrons. The van der Waals surface area contributed by atoms with Gasteiger partial charge in [-0.1, -0.05) is 39.0 Å². The van der Waals surface area contributed by atoms with E-state index in [-0.39, 0.29) is 5.97 Å². The summed E-state index contributed by atoms with van der Waals surface area (Å²) >= 11 is 1.56. The molecular formula is C14H22O2S. The fraction of sp³-hybridized carbons (Fsp3) is 0.643. The second-order valence-electron chi connectivity index (χ2n) is 4.28. The van der Waals surface area contributed by atoms with Gasteiger partial charge in [0.25, 0.3) is 0 Å². The first-order valence-electron chi connectivity index (χ1n) is 6.45. The lowest BCUT2D eigenvalue weighted by atomic mass is 10.1. The topological polar surface area (TPSA) is 26.3 Å². The summed E-state index contributed by atoms with van der Waals surface area (Å²) in [5.74, 6) is -0.218. The molecule has 0 unspecified atom stereocenters. The maximum absolute atomic E-state index is 11.3. The molecule has 0 aliphatic rings. The van der Waals surface area contributed by atoms with Gasteiger partial charge in [-0.25, -0.2) is 4.79 Å². The smallest absolute Gasteiger partial charge is 0.348 e. The zero-order valence-corrected chi connectivity index (χ0v) is 11.6. The molecule has 1 heterocycles. The average Bonchev–Trinajstić information content (AvgIpc) is 2.81. The number of carbonyl (C=O) groups excluding carboxylic acids is 1. The minimum Gasteiger partial charge on any atom is -0.465 e. The van der Waals surface area contributed by atoms with Gasteiger partial charge in [0, 0.05) is 4.88 Å². The molecule has 0 aliphatic heterocycles. The van der Waals surface area contributed by atoms with E-state index in [0.29, 0.717) is 4.88 Å². The molecule has 0 saturated carbocycles. The van der Waals surface area contributed by atoms with Crippen LogP contribution in [0, 0.1) is 0 Å². The van der Waals surface area contributed by atoms with Crippen LogP contribution in [0.2, 0.25) is 0 Å². The van der Waals surface area contributed by atoms with E-state index in [1.165, 1.54) is 50.5 Å². The Kier molecular flexibility index (Phi) is 6.94. The molecule has 17 heavy (non-hydrogen) atoms. The highest BCUT2D eigenvalue weighted by Gasteiger charge is 2.08. The number of hydrogen-bond acceptors (Lipinski definition) is 3. The molecule has 0 atom stereocenters. The summed E-state index contributed by atoms with van der Waals surface area (Å²) in [5, 5.41) is 0. The fourth-order valence-electron chi connectivity index (χ4n) is 1.80. The van der Waals surface area contributed by atoms with Gasteiger partial charge < -0.3 is 4.74 Å². The molecule has 0 N–H and O–H groups in total. The molecule has 0 radical (unpaired) electrons. The number of thiophene rings is 1. The number of hydrogen-bond donors (Lipinski definition) is 0. The van der Waals surface area contributed by atoms with Crippen molar-refractivity contribution >= 4 is 17.3 Å². The van der Waals surface area contributed by atoms with Crippen molar-refractivity contribution in [2.75, 3.05) is 7.11 Å². The van der Waals surface area contributed by atoms with Gasteiger partial charge >= 0.3 is 5.97 Å². The Morgan fingerprint density at radius 1 is 1.18 bits per heavy atom. The SMILES string of the molecule is CCCCCCCCc1ccc(C(=O)OC)s1. The molecule has 0 fully saturated rings. The lowest BCUT2D eigenvalue weighted by molar-refractivity contribution is 0.0606. The molecule has 0 aromatic carbocycles. The van der Waals surface area contributed by atoms with E-state index in [9.17, 15) is 4.79 Å². The van der Waals surface area contributed by atoms with Crippen molar-refractivity contribution in [3.8, 4) is 0 Å². The summed E-state index contributed by atoms with van der Waals surface area (Å²) in [6, 6.07) is 3.91. The quantitative estimate of drug-likeness (QED) is 0.506. The van der Waals surface area contributed by atoms with E-state index in [1.54, 1.807) is 11.3 Å². The van der Waals surface area contributed by atoms with Crippen molar-refractivity contribution in [3.05, 3.63) is 21.9 Å². The Bertz CT molecular complexity index is 331. The number of methoxy groups -OCH3 is 1. The normalized spacial score (nSPS) is 10.5. The highest BCUT2D eigenvalue weighted by molar-refractivity contribution is 7.13. The average molecular weight is 254 g/mol. The van der Waals surface area contributed by atoms with E-state index in [1.807, 2.05) is 12.1 Å². The van der Waals surface area contributed by atoms with Crippen molar-refractivity contribution in [2.45, 2.75) is 51.9 Å². The monoisotopic (exact) mass is 254 g/mol. The van der Waals surface area contributed by atoms with Crippen LogP contribution in [0.4, 0.5) is 0 Å². The van der Waals surface area contributed by atoms with Gasteiger partial charge in [-0.05, 0) is 25.0 Å². The third-order valence-electron chi connectivity index (χ3n) is 2.82. The van der Waals surface area contributed by atoms with Crippen molar-refractivity contribution in [2.24, 2.45) is 0 Å². The molecular weight excluding hydrogens is 232 g/mol. The maximum atomic E-state index is 11.3. The van der Waals surface area contributed by atoms with Crippen LogP contribution in [0.25, 0.3) is 0 Å². The number of carbonyl (C=O) groups is 1. The first-order chi connectivity index (χ1) is 8.27. The minimum atomic E-state index is -0.218. The van der Waals surface area contributed by atoms with Crippen molar-refractivity contribution in [3.63, 3.8) is 0 Å². The maximum Gasteiger partial charge on any atom is 0.348 e. The predicted molar refractivity (Wildman–Crippen MR) is 72.7 cm³/mol. The highest BCUT2D eigenvalue weighted by atomic mass is 32.1. The molecule has 2 nitrogen and oxygen atoms in total. The first kappa shape index (κ1) is 14.2. The van der Waals surface area contributed by atoms with E-state index in [2.05, 4.69) is 6.92 Å². The summed E-state index contributed by atoms with van der Waals surface area (Å²) in [7, 11) is 1.43. The van der Waals surface area contributed by atoms with Gasteiger partial charge in [0.15, 0.2) is 0 Å². The van der Waals surface area contributed by atoms with Crippen LogP contribution in [0.15, 0.2) is 12.1 Å². The molecule has 3 heteroatoms. The lowest BCUT2D eigenvalue weighted by Crippen LogP contribution is -1.96. The van der Waals surface area contributed by atoms with Gasteiger partial charge in [-0.3, -0.25) is 0 Å². The number of aryl methyl sites for hydroxylation is 1. The van der Waals surface area contributed by atoms with Crippen LogP contribution in [0.3, 0.4) is 0 Å². The van der Waals surface area contributed by atoms with Gasteiger partial charge in [0.05, 0.1) is 7.11 Å². The first-order valence-corrected chi connectivity index (χ1v) is 7.26. The van der Waals surface area contributed by atoms with Crippen LogP contribution in [0.1, 0.15) is 60.0 Å². The van der Waals surface area contributed by atoms with E-state index >= 15 is 0 Å². The number of rotatable bonds is 8. The van der Waals surface area contributed by atoms with Crippen LogP contribution < -0.4 is 0 Å². The van der Waals surface area contributed by atoms with Crippen LogP contribution in [-0.2, 0) is 11.2 Å². The number of ether oxygens (including phenoxy) is 1. The number of unbranched alkanes of at least 4 members (excludes halogenated alkanes) is 5. The van der Waals surface area contributed by atoms with Crippen molar-refractivity contribution in [1.82, 2.24) is 0 Å². The largest absolute Gasteiger partial charge is 0.465 e. The zero-order valence-electron chi connectivity index (χ0n) is 10.8. The van der Waals surface area contributed by atoms with Crippen LogP contribution >= 0.6 is 11.3 Å². The highest BCUT2D eigenvalue weighted by Crippen LogP contribution is 2.20. The van der Waals surface area contributed by atoms with Crippen molar-refractivity contribution in [1.29, 1.82) is 0 Å². The molecule has 0 spiro atoms. The Morgan fingerprint density at radius 3 is 2.59 bits per heavy atom. The Hall–Kier alpha value is -0.830. The Balaban J connectivity index is 2.19. The summed E-state index contributed by atoms with van der Waals surface area (Å²) in [6.45, 7) is 2.24. The van der Waals surface area contributed by atoms with Crippen LogP contribution in [0.5, 0.6) is 0 Å². The Labute approximate surface area is 108 Å². The fourth-order valence-corrected chi connectivity index (χ4v) is 2.77. The molecule has 0 amide bonds. The van der Waals surface area contributed by atoms with Gasteiger partial charge in [-0.2, -0.15) is 0 Å². The van der Waals surface area contributed by atoms with E-state index < -0.39 is 0 Å². The molecule has 1 aromatic heterocycles. The third-order valence-corrected chi connectivity index (χ3v) is 3.95. The van der Waals surface area contributed by atoms with Crippen molar-refractivity contribution < 1.29 is 9.53 Å². The second kappa shape index (κ2) is 8.29. The number of esters is 1. The van der Waals surface area contributed by atoms with Gasteiger partial charge in [-0.15, -0.1) is 11.3 Å². The summed E-state index contributed by atoms with van der Waals surface area (Å²) in [4.78, 5) is 13.3. The Morgan fingerprint density at radius 2 is 1.88 bits per heavy atom. The van der Waals surface area contributed by atoms with Crippen LogP contribution in [-0.4, -0.2) is 13.1 Å². The summed E-state index contributed by atoms with van der Waals surface area (Å²) < 4.78 is 4.69. The van der Waals surface area contributed by atoms with E-state index in [4.69, 9.17) is 4.74 Å². The molecule has 1 aromatic rings. The lowest BCUT2D eigenvalue weighted by Gasteiger charge is -1.99. The predicted octanol–water partition coefficient (Wildman–Crippen LogP) is 4.44. The van der Waals surface area contributed by atoms with Gasteiger partial charge in [0.1, 0.15) is 4.88 Å². The van der Waals surface area contributed by atoms with Gasteiger partial charge in [0.2, 0.25) is 0 Å². The zero-order chi connectivity index (χ0) is 12.5.